The van der Waals surface area contributed by atoms with Crippen LogP contribution in [0.15, 0.2) is 46.3 Å². The van der Waals surface area contributed by atoms with Crippen molar-refractivity contribution in [3.8, 4) is 16.3 Å². The number of thioether (sulfide) groups is 1. The van der Waals surface area contributed by atoms with Gasteiger partial charge in [-0.15, -0.1) is 11.8 Å². The Kier molecular flexibility index (Phi) is 7.36. The Hall–Kier alpha value is -2.55. The number of hydrogen-bond donors (Lipinski definition) is 1. The minimum absolute atomic E-state index is 0.145. The van der Waals surface area contributed by atoms with Crippen molar-refractivity contribution < 1.29 is 14.3 Å². The van der Waals surface area contributed by atoms with Gasteiger partial charge in [0.15, 0.2) is 0 Å². The molecule has 3 rings (SSSR count). The molecule has 0 aliphatic heterocycles. The van der Waals surface area contributed by atoms with Gasteiger partial charge in [-0.05, 0) is 55.8 Å². The van der Waals surface area contributed by atoms with Gasteiger partial charge in [0.05, 0.1) is 24.1 Å². The number of carbonyl (C=O) groups excluding carboxylic acids is 1. The molecule has 2 aromatic carbocycles. The molecule has 0 saturated carbocycles. The lowest BCUT2D eigenvalue weighted by Gasteiger charge is -2.08. The molecule has 0 saturated heterocycles. The standard InChI is InChI=1S/C21H20ClN3O3S2/c1-12-19(30-20(24-12)15-7-6-14(22)10-17(15)27-3)25-21(26)28-11-13-5-8-16(23-2)18(9-13)29-4/h5-10H,2,11H2,1,3-4H3,(H,25,26). The third-order valence-corrected chi connectivity index (χ3v) is 6.30. The first-order valence-corrected chi connectivity index (χ1v) is 11.3. The highest BCUT2D eigenvalue weighted by atomic mass is 35.5. The Morgan fingerprint density at radius 1 is 1.33 bits per heavy atom. The normalized spacial score (nSPS) is 10.5. The van der Waals surface area contributed by atoms with Crippen molar-refractivity contribution in [1.29, 1.82) is 0 Å². The van der Waals surface area contributed by atoms with Gasteiger partial charge in [-0.25, -0.2) is 9.78 Å². The molecule has 30 heavy (non-hydrogen) atoms. The van der Waals surface area contributed by atoms with Crippen LogP contribution in [0.5, 0.6) is 5.75 Å². The molecule has 9 heteroatoms. The molecule has 3 aromatic rings. The van der Waals surface area contributed by atoms with E-state index in [0.717, 1.165) is 21.7 Å². The fourth-order valence-corrected chi connectivity index (χ4v) is 4.44. The van der Waals surface area contributed by atoms with Crippen LogP contribution in [-0.2, 0) is 11.3 Å². The number of hydrogen-bond acceptors (Lipinski definition) is 7. The number of aliphatic imine (C=N–C) groups is 1. The predicted molar refractivity (Wildman–Crippen MR) is 125 cm³/mol. The molecule has 1 amide bonds. The molecule has 0 bridgehead atoms. The second kappa shape index (κ2) is 9.97. The minimum atomic E-state index is -0.548. The number of nitrogens with one attached hydrogen (secondary N) is 1. The molecule has 0 atom stereocenters. The Morgan fingerprint density at radius 3 is 2.83 bits per heavy atom. The maximum Gasteiger partial charge on any atom is 0.412 e. The summed E-state index contributed by atoms with van der Waals surface area (Å²) in [5, 5.41) is 4.67. The molecule has 1 aromatic heterocycles. The first-order chi connectivity index (χ1) is 14.4. The molecule has 0 fully saturated rings. The summed E-state index contributed by atoms with van der Waals surface area (Å²) in [6.45, 7) is 5.53. The lowest BCUT2D eigenvalue weighted by Crippen LogP contribution is -2.13. The van der Waals surface area contributed by atoms with Gasteiger partial charge < -0.3 is 9.47 Å². The molecule has 1 N–H and O–H groups in total. The van der Waals surface area contributed by atoms with Crippen LogP contribution in [0, 0.1) is 6.92 Å². The van der Waals surface area contributed by atoms with Crippen molar-refractivity contribution in [1.82, 2.24) is 4.98 Å². The third-order valence-electron chi connectivity index (χ3n) is 4.19. The lowest BCUT2D eigenvalue weighted by atomic mass is 10.2. The second-order valence-electron chi connectivity index (χ2n) is 6.14. The number of benzene rings is 2. The van der Waals surface area contributed by atoms with Crippen molar-refractivity contribution in [2.45, 2.75) is 18.4 Å². The number of halogens is 1. The largest absolute Gasteiger partial charge is 0.496 e. The molecular formula is C21H20ClN3O3S2. The van der Waals surface area contributed by atoms with Gasteiger partial charge in [0.25, 0.3) is 0 Å². The Balaban J connectivity index is 1.69. The van der Waals surface area contributed by atoms with Crippen LogP contribution >= 0.6 is 34.7 Å². The van der Waals surface area contributed by atoms with Gasteiger partial charge in [-0.3, -0.25) is 10.3 Å². The fraction of sp³-hybridized carbons (Fsp3) is 0.190. The number of nitrogens with zero attached hydrogens (tertiary/aromatic N) is 2. The molecule has 1 heterocycles. The smallest absolute Gasteiger partial charge is 0.412 e. The van der Waals surface area contributed by atoms with Crippen molar-refractivity contribution >= 4 is 58.2 Å². The van der Waals surface area contributed by atoms with E-state index in [1.165, 1.54) is 11.3 Å². The number of carbonyl (C=O) groups is 1. The van der Waals surface area contributed by atoms with E-state index in [1.54, 1.807) is 31.0 Å². The van der Waals surface area contributed by atoms with Gasteiger partial charge in [0.1, 0.15) is 22.4 Å². The Bertz CT molecular complexity index is 1090. The molecule has 0 aliphatic carbocycles. The predicted octanol–water partition coefficient (Wildman–Crippen LogP) is 6.58. The van der Waals surface area contributed by atoms with Crippen LogP contribution in [0.25, 0.3) is 10.6 Å². The summed E-state index contributed by atoms with van der Waals surface area (Å²) in [4.78, 5) is 21.8. The average Bonchev–Trinajstić information content (AvgIpc) is 3.11. The van der Waals surface area contributed by atoms with E-state index in [0.29, 0.717) is 26.5 Å². The highest BCUT2D eigenvalue weighted by molar-refractivity contribution is 7.98. The number of ether oxygens (including phenoxy) is 2. The minimum Gasteiger partial charge on any atom is -0.496 e. The molecule has 0 radical (unpaired) electrons. The van der Waals surface area contributed by atoms with Crippen LogP contribution in [0.4, 0.5) is 15.5 Å². The van der Waals surface area contributed by atoms with E-state index in [2.05, 4.69) is 22.0 Å². The molecule has 0 unspecified atom stereocenters. The van der Waals surface area contributed by atoms with Gasteiger partial charge in [-0.2, -0.15) is 0 Å². The van der Waals surface area contributed by atoms with E-state index in [4.69, 9.17) is 21.1 Å². The first-order valence-electron chi connectivity index (χ1n) is 8.84. The molecule has 6 nitrogen and oxygen atoms in total. The van der Waals surface area contributed by atoms with Crippen LogP contribution in [0.2, 0.25) is 5.02 Å². The summed E-state index contributed by atoms with van der Waals surface area (Å²) in [5.41, 5.74) is 3.17. The van der Waals surface area contributed by atoms with Crippen molar-refractivity contribution in [2.75, 3.05) is 18.7 Å². The summed E-state index contributed by atoms with van der Waals surface area (Å²) >= 11 is 8.93. The topological polar surface area (TPSA) is 72.8 Å². The monoisotopic (exact) mass is 461 g/mol. The summed E-state index contributed by atoms with van der Waals surface area (Å²) < 4.78 is 10.8. The molecule has 156 valence electrons. The quantitative estimate of drug-likeness (QED) is 0.317. The SMILES string of the molecule is C=Nc1ccc(COC(=O)Nc2sc(-c3ccc(Cl)cc3OC)nc2C)cc1SC. The van der Waals surface area contributed by atoms with Crippen molar-refractivity contribution in [2.24, 2.45) is 4.99 Å². The first kappa shape index (κ1) is 22.1. The second-order valence-corrected chi connectivity index (χ2v) is 8.43. The van der Waals surface area contributed by atoms with Crippen LogP contribution in [-0.4, -0.2) is 31.2 Å². The maximum atomic E-state index is 12.3. The molecule has 0 aliphatic rings. The summed E-state index contributed by atoms with van der Waals surface area (Å²) in [5.74, 6) is 0.618. The number of anilines is 1. The third kappa shape index (κ3) is 5.13. The molecule has 0 spiro atoms. The highest BCUT2D eigenvalue weighted by Crippen LogP contribution is 2.38. The van der Waals surface area contributed by atoms with Crippen molar-refractivity contribution in [3.63, 3.8) is 0 Å². The fourth-order valence-electron chi connectivity index (χ4n) is 2.69. The van der Waals surface area contributed by atoms with Crippen LogP contribution < -0.4 is 10.1 Å². The van der Waals surface area contributed by atoms with Crippen molar-refractivity contribution in [3.05, 3.63) is 52.7 Å². The highest BCUT2D eigenvalue weighted by Gasteiger charge is 2.16. The number of aryl methyl sites for hydroxylation is 1. The summed E-state index contributed by atoms with van der Waals surface area (Å²) in [7, 11) is 1.58. The van der Waals surface area contributed by atoms with Crippen LogP contribution in [0.3, 0.4) is 0 Å². The lowest BCUT2D eigenvalue weighted by molar-refractivity contribution is 0.155. The van der Waals surface area contributed by atoms with Gasteiger partial charge >= 0.3 is 6.09 Å². The van der Waals surface area contributed by atoms with Gasteiger partial charge in [0.2, 0.25) is 0 Å². The molecular weight excluding hydrogens is 442 g/mol. The Morgan fingerprint density at radius 2 is 2.13 bits per heavy atom. The van der Waals surface area contributed by atoms with E-state index in [1.807, 2.05) is 37.4 Å². The summed E-state index contributed by atoms with van der Waals surface area (Å²) in [6, 6.07) is 11.0. The zero-order valence-corrected chi connectivity index (χ0v) is 19.1. The summed E-state index contributed by atoms with van der Waals surface area (Å²) in [6.07, 6.45) is 1.41. The maximum absolute atomic E-state index is 12.3. The Labute approximate surface area is 188 Å². The van der Waals surface area contributed by atoms with Gasteiger partial charge in [0, 0.05) is 9.92 Å². The average molecular weight is 462 g/mol. The zero-order valence-electron chi connectivity index (χ0n) is 16.7. The van der Waals surface area contributed by atoms with E-state index in [-0.39, 0.29) is 6.61 Å². The van der Waals surface area contributed by atoms with Gasteiger partial charge in [-0.1, -0.05) is 29.0 Å². The number of thiazole rings is 1. The van der Waals surface area contributed by atoms with E-state index >= 15 is 0 Å². The zero-order chi connectivity index (χ0) is 21.7. The van der Waals surface area contributed by atoms with Crippen LogP contribution in [0.1, 0.15) is 11.3 Å². The number of methoxy groups -OCH3 is 1. The van der Waals surface area contributed by atoms with E-state index in [9.17, 15) is 4.79 Å². The number of amides is 1. The number of aromatic nitrogens is 1. The van der Waals surface area contributed by atoms with E-state index < -0.39 is 6.09 Å². The number of rotatable bonds is 7.